The van der Waals surface area contributed by atoms with Gasteiger partial charge in [-0.2, -0.15) is 0 Å². The SMILES string of the molecule is O=C1NC(=S)N(c2ccc(Oc3ccccc3)cc2)C(=O)C1=Cc1ccc(Oc2ccc(F)cc2)cc1. The summed E-state index contributed by atoms with van der Waals surface area (Å²) in [5.74, 6) is 0.806. The van der Waals surface area contributed by atoms with Crippen molar-refractivity contribution in [1.82, 2.24) is 5.32 Å². The lowest BCUT2D eigenvalue weighted by molar-refractivity contribution is -0.122. The Labute approximate surface area is 217 Å². The fraction of sp³-hybridized carbons (Fsp3) is 0. The molecular formula is C29H19FN2O4S. The zero-order valence-corrected chi connectivity index (χ0v) is 20.1. The molecule has 37 heavy (non-hydrogen) atoms. The molecular weight excluding hydrogens is 491 g/mol. The van der Waals surface area contributed by atoms with Crippen LogP contribution in [0.1, 0.15) is 5.56 Å². The van der Waals surface area contributed by atoms with Crippen LogP contribution in [0.15, 0.2) is 109 Å². The Morgan fingerprint density at radius 3 is 1.81 bits per heavy atom. The number of nitrogens with one attached hydrogen (secondary N) is 1. The Balaban J connectivity index is 1.33. The van der Waals surface area contributed by atoms with Crippen molar-refractivity contribution in [3.05, 3.63) is 120 Å². The van der Waals surface area contributed by atoms with Crippen molar-refractivity contribution in [1.29, 1.82) is 0 Å². The van der Waals surface area contributed by atoms with Crippen molar-refractivity contribution in [3.63, 3.8) is 0 Å². The zero-order chi connectivity index (χ0) is 25.8. The van der Waals surface area contributed by atoms with Crippen molar-refractivity contribution in [2.75, 3.05) is 4.90 Å². The smallest absolute Gasteiger partial charge is 0.270 e. The lowest BCUT2D eigenvalue weighted by Crippen LogP contribution is -2.54. The number of anilines is 1. The van der Waals surface area contributed by atoms with Crippen LogP contribution in [0.3, 0.4) is 0 Å². The summed E-state index contributed by atoms with van der Waals surface area (Å²) >= 11 is 5.28. The van der Waals surface area contributed by atoms with E-state index in [1.54, 1.807) is 48.5 Å². The highest BCUT2D eigenvalue weighted by molar-refractivity contribution is 7.80. The molecule has 182 valence electrons. The van der Waals surface area contributed by atoms with Crippen LogP contribution < -0.4 is 19.7 Å². The average Bonchev–Trinajstić information content (AvgIpc) is 2.90. The largest absolute Gasteiger partial charge is 0.457 e. The van der Waals surface area contributed by atoms with Gasteiger partial charge in [0.25, 0.3) is 11.8 Å². The van der Waals surface area contributed by atoms with E-state index in [0.717, 1.165) is 0 Å². The number of halogens is 1. The molecule has 1 aliphatic heterocycles. The predicted molar refractivity (Wildman–Crippen MR) is 142 cm³/mol. The monoisotopic (exact) mass is 510 g/mol. The predicted octanol–water partition coefficient (Wildman–Crippen LogP) is 6.24. The van der Waals surface area contributed by atoms with Crippen molar-refractivity contribution in [2.45, 2.75) is 0 Å². The highest BCUT2D eigenvalue weighted by atomic mass is 32.1. The van der Waals surface area contributed by atoms with Gasteiger partial charge in [0.2, 0.25) is 0 Å². The number of carbonyl (C=O) groups excluding carboxylic acids is 2. The third kappa shape index (κ3) is 5.55. The number of rotatable bonds is 6. The lowest BCUT2D eigenvalue weighted by atomic mass is 10.1. The summed E-state index contributed by atoms with van der Waals surface area (Å²) in [6.45, 7) is 0. The second kappa shape index (κ2) is 10.4. The number of nitrogens with zero attached hydrogens (tertiary/aromatic N) is 1. The summed E-state index contributed by atoms with van der Waals surface area (Å²) in [6.07, 6.45) is 1.49. The first kappa shape index (κ1) is 23.9. The van der Waals surface area contributed by atoms with Crippen LogP contribution in [0.25, 0.3) is 6.08 Å². The first-order chi connectivity index (χ1) is 18.0. The van der Waals surface area contributed by atoms with Gasteiger partial charge < -0.3 is 9.47 Å². The Hall–Kier alpha value is -4.82. The molecule has 0 aliphatic carbocycles. The highest BCUT2D eigenvalue weighted by Gasteiger charge is 2.34. The highest BCUT2D eigenvalue weighted by Crippen LogP contribution is 2.28. The molecule has 0 unspecified atom stereocenters. The summed E-state index contributed by atoms with van der Waals surface area (Å²) in [7, 11) is 0. The third-order valence-electron chi connectivity index (χ3n) is 5.42. The second-order valence-electron chi connectivity index (χ2n) is 7.99. The topological polar surface area (TPSA) is 67.9 Å². The summed E-state index contributed by atoms with van der Waals surface area (Å²) in [5.41, 5.74) is 1.04. The molecule has 0 aromatic heterocycles. The fourth-order valence-electron chi connectivity index (χ4n) is 3.62. The Morgan fingerprint density at radius 1 is 0.703 bits per heavy atom. The Morgan fingerprint density at radius 2 is 1.22 bits per heavy atom. The fourth-order valence-corrected chi connectivity index (χ4v) is 3.90. The molecule has 8 heteroatoms. The summed E-state index contributed by atoms with van der Waals surface area (Å²) in [4.78, 5) is 27.1. The van der Waals surface area contributed by atoms with Crippen molar-refractivity contribution < 1.29 is 23.5 Å². The number of para-hydroxylation sites is 1. The van der Waals surface area contributed by atoms with Crippen molar-refractivity contribution in [3.8, 4) is 23.0 Å². The van der Waals surface area contributed by atoms with Gasteiger partial charge in [0.1, 0.15) is 34.4 Å². The quantitative estimate of drug-likeness (QED) is 0.189. The zero-order valence-electron chi connectivity index (χ0n) is 19.3. The van der Waals surface area contributed by atoms with E-state index in [-0.39, 0.29) is 16.5 Å². The first-order valence-corrected chi connectivity index (χ1v) is 11.6. The number of thiocarbonyl (C=S) groups is 1. The van der Waals surface area contributed by atoms with Gasteiger partial charge in [0.15, 0.2) is 5.11 Å². The number of amides is 2. The standard InChI is InChI=1S/C29H19FN2O4S/c30-20-8-14-24(15-9-20)36-23-12-6-19(7-13-23)18-26-27(33)31-29(37)32(28(26)34)21-10-16-25(17-11-21)35-22-4-2-1-3-5-22/h1-18H,(H,31,33,37). The number of hydrogen-bond acceptors (Lipinski definition) is 5. The molecule has 4 aromatic rings. The van der Waals surface area contributed by atoms with Crippen LogP contribution in [0, 0.1) is 5.82 Å². The van der Waals surface area contributed by atoms with E-state index in [1.807, 2.05) is 30.3 Å². The Bertz CT molecular complexity index is 1490. The molecule has 1 N–H and O–H groups in total. The van der Waals surface area contributed by atoms with Gasteiger partial charge in [-0.3, -0.25) is 19.8 Å². The Kier molecular flexibility index (Phi) is 6.74. The van der Waals surface area contributed by atoms with E-state index < -0.39 is 11.8 Å². The van der Waals surface area contributed by atoms with Gasteiger partial charge in [0, 0.05) is 0 Å². The number of ether oxygens (including phenoxy) is 2. The molecule has 5 rings (SSSR count). The van der Waals surface area contributed by atoms with Crippen LogP contribution in [-0.2, 0) is 9.59 Å². The summed E-state index contributed by atoms with van der Waals surface area (Å²) in [5, 5.41) is 2.57. The van der Waals surface area contributed by atoms with E-state index in [9.17, 15) is 14.0 Å². The van der Waals surface area contributed by atoms with Crippen LogP contribution in [0.2, 0.25) is 0 Å². The van der Waals surface area contributed by atoms with Gasteiger partial charge >= 0.3 is 0 Å². The maximum Gasteiger partial charge on any atom is 0.270 e. The maximum atomic E-state index is 13.3. The van der Waals surface area contributed by atoms with Crippen molar-refractivity contribution >= 4 is 40.9 Å². The van der Waals surface area contributed by atoms with Crippen LogP contribution in [0.4, 0.5) is 10.1 Å². The number of benzene rings is 4. The molecule has 2 amide bonds. The molecule has 0 saturated carbocycles. The third-order valence-corrected chi connectivity index (χ3v) is 5.70. The summed E-state index contributed by atoms with van der Waals surface area (Å²) in [6, 6.07) is 28.6. The van der Waals surface area contributed by atoms with Gasteiger partial charge in [-0.1, -0.05) is 30.3 Å². The van der Waals surface area contributed by atoms with E-state index in [0.29, 0.717) is 34.2 Å². The van der Waals surface area contributed by atoms with E-state index >= 15 is 0 Å². The van der Waals surface area contributed by atoms with Crippen LogP contribution in [0.5, 0.6) is 23.0 Å². The molecule has 4 aromatic carbocycles. The van der Waals surface area contributed by atoms with Crippen LogP contribution in [-0.4, -0.2) is 16.9 Å². The molecule has 0 radical (unpaired) electrons. The number of hydrogen-bond donors (Lipinski definition) is 1. The van der Waals surface area contributed by atoms with Gasteiger partial charge in [0.05, 0.1) is 5.69 Å². The van der Waals surface area contributed by atoms with E-state index in [1.165, 1.54) is 35.2 Å². The molecule has 0 bridgehead atoms. The first-order valence-electron chi connectivity index (χ1n) is 11.2. The molecule has 1 fully saturated rings. The summed E-state index contributed by atoms with van der Waals surface area (Å²) < 4.78 is 24.6. The molecule has 6 nitrogen and oxygen atoms in total. The minimum absolute atomic E-state index is 0.00748. The normalized spacial score (nSPS) is 14.5. The van der Waals surface area contributed by atoms with Crippen molar-refractivity contribution in [2.24, 2.45) is 0 Å². The molecule has 1 aliphatic rings. The van der Waals surface area contributed by atoms with Gasteiger partial charge in [-0.05, 0) is 96.7 Å². The number of carbonyl (C=O) groups is 2. The van der Waals surface area contributed by atoms with E-state index in [2.05, 4.69) is 5.32 Å². The minimum Gasteiger partial charge on any atom is -0.457 e. The molecule has 1 heterocycles. The average molecular weight is 511 g/mol. The molecule has 1 saturated heterocycles. The molecule has 0 spiro atoms. The maximum absolute atomic E-state index is 13.3. The molecule has 0 atom stereocenters. The van der Waals surface area contributed by atoms with Gasteiger partial charge in [-0.25, -0.2) is 4.39 Å². The minimum atomic E-state index is -0.582. The van der Waals surface area contributed by atoms with Gasteiger partial charge in [-0.15, -0.1) is 0 Å². The lowest BCUT2D eigenvalue weighted by Gasteiger charge is -2.29. The van der Waals surface area contributed by atoms with E-state index in [4.69, 9.17) is 21.7 Å². The van der Waals surface area contributed by atoms with Crippen LogP contribution >= 0.6 is 12.2 Å². The second-order valence-corrected chi connectivity index (χ2v) is 8.38.